The second-order valence-corrected chi connectivity index (χ2v) is 9.08. The van der Waals surface area contributed by atoms with E-state index in [0.29, 0.717) is 6.54 Å². The molecule has 152 valence electrons. The van der Waals surface area contributed by atoms with E-state index >= 15 is 0 Å². The number of ether oxygens (including phenoxy) is 1. The van der Waals surface area contributed by atoms with Crippen LogP contribution in [0.25, 0.3) is 0 Å². The summed E-state index contributed by atoms with van der Waals surface area (Å²) in [5.74, 6) is 1.56. The van der Waals surface area contributed by atoms with Crippen molar-refractivity contribution in [3.63, 3.8) is 0 Å². The Kier molecular flexibility index (Phi) is 8.53. The normalized spacial score (nSPS) is 15.2. The Balaban J connectivity index is 1.80. The minimum atomic E-state index is -3.39. The molecule has 0 aromatic heterocycles. The summed E-state index contributed by atoms with van der Waals surface area (Å²) in [7, 11) is -0.341. The molecular formula is C19H32N4O3S. The quantitative estimate of drug-likeness (QED) is 0.339. The molecule has 1 aliphatic rings. The van der Waals surface area contributed by atoms with Crippen LogP contribution in [0.3, 0.4) is 0 Å². The molecule has 2 rings (SSSR count). The Bertz CT molecular complexity index is 698. The van der Waals surface area contributed by atoms with Gasteiger partial charge in [0, 0.05) is 40.4 Å². The number of nitrogens with zero attached hydrogens (tertiary/aromatic N) is 2. The van der Waals surface area contributed by atoms with Gasteiger partial charge >= 0.3 is 0 Å². The van der Waals surface area contributed by atoms with Crippen molar-refractivity contribution in [3.8, 4) is 0 Å². The molecule has 0 aliphatic heterocycles. The number of nitrogens with one attached hydrogen (secondary N) is 2. The minimum Gasteiger partial charge on any atom is -0.381 e. The third-order valence-corrected chi connectivity index (χ3v) is 6.10. The third-order valence-electron chi connectivity index (χ3n) is 4.27. The highest BCUT2D eigenvalue weighted by Gasteiger charge is 2.20. The van der Waals surface area contributed by atoms with Gasteiger partial charge in [-0.05, 0) is 49.8 Å². The van der Waals surface area contributed by atoms with Gasteiger partial charge < -0.3 is 15.4 Å². The molecule has 1 aromatic carbocycles. The fourth-order valence-corrected chi connectivity index (χ4v) is 3.31. The standard InChI is InChI=1S/C19H32N4O3S/c1-4-20-19(21-12-5-13-26-15-17-6-7-17)22-14-16-8-10-18(11-9-16)27(24,25)23(2)3/h8-11,17H,4-7,12-15H2,1-3H3,(H2,20,21,22). The van der Waals surface area contributed by atoms with E-state index in [-0.39, 0.29) is 4.90 Å². The lowest BCUT2D eigenvalue weighted by Gasteiger charge is -2.12. The summed E-state index contributed by atoms with van der Waals surface area (Å²) < 4.78 is 31.0. The zero-order valence-electron chi connectivity index (χ0n) is 16.6. The van der Waals surface area contributed by atoms with E-state index in [0.717, 1.165) is 50.2 Å². The molecule has 0 amide bonds. The van der Waals surface area contributed by atoms with Gasteiger partial charge in [0.2, 0.25) is 10.0 Å². The Morgan fingerprint density at radius 3 is 2.52 bits per heavy atom. The second-order valence-electron chi connectivity index (χ2n) is 6.93. The van der Waals surface area contributed by atoms with Crippen molar-refractivity contribution in [1.29, 1.82) is 0 Å². The van der Waals surface area contributed by atoms with E-state index in [1.807, 2.05) is 6.92 Å². The Morgan fingerprint density at radius 2 is 1.93 bits per heavy atom. The molecule has 0 radical (unpaired) electrons. The highest BCUT2D eigenvalue weighted by molar-refractivity contribution is 7.89. The van der Waals surface area contributed by atoms with Crippen LogP contribution in [0.5, 0.6) is 0 Å². The lowest BCUT2D eigenvalue weighted by atomic mass is 10.2. The maximum absolute atomic E-state index is 12.1. The van der Waals surface area contributed by atoms with Crippen LogP contribution in [-0.4, -0.2) is 59.1 Å². The molecule has 2 N–H and O–H groups in total. The van der Waals surface area contributed by atoms with Gasteiger partial charge in [0.1, 0.15) is 0 Å². The van der Waals surface area contributed by atoms with Gasteiger partial charge in [-0.2, -0.15) is 0 Å². The van der Waals surface area contributed by atoms with E-state index in [1.54, 1.807) is 24.3 Å². The van der Waals surface area contributed by atoms with E-state index in [2.05, 4.69) is 15.6 Å². The molecule has 0 atom stereocenters. The molecule has 1 aromatic rings. The molecule has 27 heavy (non-hydrogen) atoms. The average Bonchev–Trinajstić information content (AvgIpc) is 3.47. The van der Waals surface area contributed by atoms with Crippen LogP contribution in [0.2, 0.25) is 0 Å². The number of guanidine groups is 1. The maximum atomic E-state index is 12.1. The summed E-state index contributed by atoms with van der Waals surface area (Å²) in [6.45, 7) is 5.76. The molecule has 8 heteroatoms. The Labute approximate surface area is 163 Å². The third kappa shape index (κ3) is 7.48. The van der Waals surface area contributed by atoms with Crippen molar-refractivity contribution in [1.82, 2.24) is 14.9 Å². The molecule has 0 unspecified atom stereocenters. The molecular weight excluding hydrogens is 364 g/mol. The van der Waals surface area contributed by atoms with Crippen molar-refractivity contribution < 1.29 is 13.2 Å². The van der Waals surface area contributed by atoms with Crippen molar-refractivity contribution >= 4 is 16.0 Å². The van der Waals surface area contributed by atoms with Gasteiger partial charge in [-0.3, -0.25) is 0 Å². The SMILES string of the molecule is CCNC(=NCc1ccc(S(=O)(=O)N(C)C)cc1)NCCCOCC1CC1. The molecule has 1 saturated carbocycles. The second kappa shape index (κ2) is 10.6. The monoisotopic (exact) mass is 396 g/mol. The average molecular weight is 397 g/mol. The zero-order valence-corrected chi connectivity index (χ0v) is 17.4. The van der Waals surface area contributed by atoms with Gasteiger partial charge in [-0.25, -0.2) is 17.7 Å². The number of hydrogen-bond donors (Lipinski definition) is 2. The van der Waals surface area contributed by atoms with E-state index in [9.17, 15) is 8.42 Å². The highest BCUT2D eigenvalue weighted by atomic mass is 32.2. The van der Waals surface area contributed by atoms with Gasteiger partial charge in [0.05, 0.1) is 11.4 Å². The fraction of sp³-hybridized carbons (Fsp3) is 0.632. The first-order valence-corrected chi connectivity index (χ1v) is 11.0. The maximum Gasteiger partial charge on any atom is 0.242 e. The van der Waals surface area contributed by atoms with E-state index in [4.69, 9.17) is 4.74 Å². The Morgan fingerprint density at radius 1 is 1.22 bits per heavy atom. The van der Waals surface area contributed by atoms with Gasteiger partial charge in [0.15, 0.2) is 5.96 Å². The van der Waals surface area contributed by atoms with Crippen LogP contribution in [0.4, 0.5) is 0 Å². The summed E-state index contributed by atoms with van der Waals surface area (Å²) in [4.78, 5) is 4.85. The summed E-state index contributed by atoms with van der Waals surface area (Å²) >= 11 is 0. The molecule has 1 aliphatic carbocycles. The molecule has 1 fully saturated rings. The lowest BCUT2D eigenvalue weighted by Crippen LogP contribution is -2.38. The first-order chi connectivity index (χ1) is 12.9. The molecule has 0 bridgehead atoms. The summed E-state index contributed by atoms with van der Waals surface area (Å²) in [6, 6.07) is 6.85. The number of benzene rings is 1. The molecule has 0 saturated heterocycles. The van der Waals surface area contributed by atoms with Crippen LogP contribution >= 0.6 is 0 Å². The van der Waals surface area contributed by atoms with Crippen molar-refractivity contribution in [3.05, 3.63) is 29.8 Å². The molecule has 0 spiro atoms. The zero-order chi connectivity index (χ0) is 19.7. The number of rotatable bonds is 11. The van der Waals surface area contributed by atoms with Crippen LogP contribution in [0.1, 0.15) is 31.7 Å². The topological polar surface area (TPSA) is 83.0 Å². The predicted octanol–water partition coefficient (Wildman–Crippen LogP) is 1.81. The fourth-order valence-electron chi connectivity index (χ4n) is 2.41. The molecule has 0 heterocycles. The van der Waals surface area contributed by atoms with Crippen LogP contribution in [-0.2, 0) is 21.3 Å². The van der Waals surface area contributed by atoms with Gasteiger partial charge in [0.25, 0.3) is 0 Å². The summed E-state index contributed by atoms with van der Waals surface area (Å²) in [6.07, 6.45) is 3.57. The first-order valence-electron chi connectivity index (χ1n) is 9.55. The van der Waals surface area contributed by atoms with Crippen LogP contribution in [0.15, 0.2) is 34.2 Å². The minimum absolute atomic E-state index is 0.288. The number of hydrogen-bond acceptors (Lipinski definition) is 4. The Hall–Kier alpha value is -1.64. The van der Waals surface area contributed by atoms with Crippen molar-refractivity contribution in [2.24, 2.45) is 10.9 Å². The van der Waals surface area contributed by atoms with Crippen molar-refractivity contribution in [2.45, 2.75) is 37.6 Å². The summed E-state index contributed by atoms with van der Waals surface area (Å²) in [5, 5.41) is 6.52. The van der Waals surface area contributed by atoms with E-state index < -0.39 is 10.0 Å². The van der Waals surface area contributed by atoms with Gasteiger partial charge in [-0.15, -0.1) is 0 Å². The highest BCUT2D eigenvalue weighted by Crippen LogP contribution is 2.28. The van der Waals surface area contributed by atoms with Crippen LogP contribution < -0.4 is 10.6 Å². The van der Waals surface area contributed by atoms with E-state index in [1.165, 1.54) is 31.2 Å². The summed E-state index contributed by atoms with van der Waals surface area (Å²) in [5.41, 5.74) is 0.956. The number of aliphatic imine (C=N–C) groups is 1. The first kappa shape index (κ1) is 21.7. The largest absolute Gasteiger partial charge is 0.381 e. The smallest absolute Gasteiger partial charge is 0.242 e. The lowest BCUT2D eigenvalue weighted by molar-refractivity contribution is 0.123. The van der Waals surface area contributed by atoms with Crippen LogP contribution in [0, 0.1) is 5.92 Å². The number of sulfonamides is 1. The van der Waals surface area contributed by atoms with Gasteiger partial charge in [-0.1, -0.05) is 12.1 Å². The molecule has 7 nitrogen and oxygen atoms in total. The van der Waals surface area contributed by atoms with Crippen molar-refractivity contribution in [2.75, 3.05) is 40.4 Å². The predicted molar refractivity (Wildman–Crippen MR) is 108 cm³/mol.